The molecule has 0 fully saturated rings. The number of benzene rings is 2. The molecule has 0 saturated carbocycles. The van der Waals surface area contributed by atoms with E-state index in [4.69, 9.17) is 0 Å². The molecule has 1 heterocycles. The number of nitrogens with one attached hydrogen (secondary N) is 2. The second kappa shape index (κ2) is 5.57. The van der Waals surface area contributed by atoms with Gasteiger partial charge in [0.15, 0.2) is 0 Å². The lowest BCUT2D eigenvalue weighted by Gasteiger charge is -2.03. The number of hydrogen-bond donors (Lipinski definition) is 2. The minimum atomic E-state index is -0.249. The minimum absolute atomic E-state index is 0.249. The molecule has 0 aliphatic carbocycles. The first-order valence-electron chi connectivity index (χ1n) is 6.40. The summed E-state index contributed by atoms with van der Waals surface area (Å²) in [5, 5.41) is 3.27. The lowest BCUT2D eigenvalue weighted by atomic mass is 10.2. The molecule has 2 aromatic carbocycles. The summed E-state index contributed by atoms with van der Waals surface area (Å²) in [5.41, 5.74) is 2.65. The van der Waals surface area contributed by atoms with Crippen molar-refractivity contribution in [2.75, 3.05) is 5.32 Å². The summed E-state index contributed by atoms with van der Waals surface area (Å²) in [7, 11) is 0. The molecule has 20 heavy (non-hydrogen) atoms. The molecule has 0 amide bonds. The van der Waals surface area contributed by atoms with E-state index in [0.717, 1.165) is 22.8 Å². The zero-order valence-corrected chi connectivity index (χ0v) is 10.8. The molecule has 0 spiro atoms. The van der Waals surface area contributed by atoms with Gasteiger partial charge in [0, 0.05) is 11.3 Å². The van der Waals surface area contributed by atoms with Gasteiger partial charge in [0.05, 0.1) is 18.4 Å². The number of H-pyrrole nitrogens is 1. The van der Waals surface area contributed by atoms with Crippen molar-refractivity contribution >= 4 is 5.69 Å². The standard InChI is InChI=1S/C16H14FN3/c17-13-6-4-5-12(9-13)15-10-19-16(20-15)11-18-14-7-2-1-3-8-14/h1-10,18H,11H2,(H,19,20). The van der Waals surface area contributed by atoms with Crippen molar-refractivity contribution < 1.29 is 4.39 Å². The van der Waals surface area contributed by atoms with Crippen LogP contribution < -0.4 is 5.32 Å². The van der Waals surface area contributed by atoms with Gasteiger partial charge in [-0.25, -0.2) is 9.37 Å². The monoisotopic (exact) mass is 267 g/mol. The van der Waals surface area contributed by atoms with Crippen LogP contribution in [-0.2, 0) is 6.54 Å². The van der Waals surface area contributed by atoms with Gasteiger partial charge in [-0.05, 0) is 24.3 Å². The first-order chi connectivity index (χ1) is 9.81. The van der Waals surface area contributed by atoms with Crippen LogP contribution in [0.3, 0.4) is 0 Å². The Kier molecular flexibility index (Phi) is 3.46. The Balaban J connectivity index is 1.71. The molecule has 4 heteroatoms. The topological polar surface area (TPSA) is 40.7 Å². The molecular formula is C16H14FN3. The number of rotatable bonds is 4. The van der Waals surface area contributed by atoms with Crippen molar-refractivity contribution in [1.82, 2.24) is 9.97 Å². The molecule has 3 rings (SSSR count). The average Bonchev–Trinajstić information content (AvgIpc) is 2.95. The van der Waals surface area contributed by atoms with Gasteiger partial charge in [-0.1, -0.05) is 30.3 Å². The van der Waals surface area contributed by atoms with Crippen LogP contribution in [0, 0.1) is 5.82 Å². The van der Waals surface area contributed by atoms with Crippen molar-refractivity contribution in [3.05, 3.63) is 72.4 Å². The van der Waals surface area contributed by atoms with Crippen molar-refractivity contribution in [2.45, 2.75) is 6.54 Å². The van der Waals surface area contributed by atoms with Crippen molar-refractivity contribution in [1.29, 1.82) is 0 Å². The number of para-hydroxylation sites is 1. The second-order valence-electron chi connectivity index (χ2n) is 4.47. The van der Waals surface area contributed by atoms with Crippen LogP contribution in [0.25, 0.3) is 11.3 Å². The third kappa shape index (κ3) is 2.85. The highest BCUT2D eigenvalue weighted by Gasteiger charge is 2.04. The number of aromatic nitrogens is 2. The summed E-state index contributed by atoms with van der Waals surface area (Å²) in [4.78, 5) is 7.48. The molecule has 0 atom stereocenters. The largest absolute Gasteiger partial charge is 0.378 e. The van der Waals surface area contributed by atoms with Crippen LogP contribution >= 0.6 is 0 Å². The van der Waals surface area contributed by atoms with Crippen molar-refractivity contribution in [3.8, 4) is 11.3 Å². The van der Waals surface area contributed by atoms with Crippen LogP contribution in [-0.4, -0.2) is 9.97 Å². The van der Waals surface area contributed by atoms with Gasteiger partial charge in [-0.2, -0.15) is 0 Å². The van der Waals surface area contributed by atoms with Crippen LogP contribution in [0.15, 0.2) is 60.8 Å². The Bertz CT molecular complexity index is 692. The quantitative estimate of drug-likeness (QED) is 0.754. The number of anilines is 1. The Morgan fingerprint density at radius 2 is 1.90 bits per heavy atom. The maximum atomic E-state index is 13.2. The SMILES string of the molecule is Fc1cccc(-c2cnc(CNc3ccccc3)[nH]2)c1. The predicted molar refractivity (Wildman–Crippen MR) is 77.8 cm³/mol. The Morgan fingerprint density at radius 1 is 1.05 bits per heavy atom. The third-order valence-electron chi connectivity index (χ3n) is 3.00. The highest BCUT2D eigenvalue weighted by molar-refractivity contribution is 5.58. The Hall–Kier alpha value is -2.62. The smallest absolute Gasteiger partial charge is 0.125 e. The van der Waals surface area contributed by atoms with E-state index in [1.807, 2.05) is 36.4 Å². The summed E-state index contributed by atoms with van der Waals surface area (Å²) in [6, 6.07) is 16.4. The molecule has 0 saturated heterocycles. The van der Waals surface area contributed by atoms with E-state index < -0.39 is 0 Å². The number of hydrogen-bond acceptors (Lipinski definition) is 2. The fourth-order valence-electron chi connectivity index (χ4n) is 2.00. The normalized spacial score (nSPS) is 10.4. The molecule has 0 radical (unpaired) electrons. The Morgan fingerprint density at radius 3 is 2.70 bits per heavy atom. The van der Waals surface area contributed by atoms with E-state index in [0.29, 0.717) is 6.54 Å². The van der Waals surface area contributed by atoms with E-state index >= 15 is 0 Å². The molecule has 0 bridgehead atoms. The van der Waals surface area contributed by atoms with E-state index in [-0.39, 0.29) is 5.82 Å². The molecule has 0 unspecified atom stereocenters. The second-order valence-corrected chi connectivity index (χ2v) is 4.47. The van der Waals surface area contributed by atoms with Gasteiger partial charge in [0.2, 0.25) is 0 Å². The van der Waals surface area contributed by atoms with Crippen LogP contribution in [0.1, 0.15) is 5.82 Å². The van der Waals surface area contributed by atoms with Gasteiger partial charge in [0.25, 0.3) is 0 Å². The van der Waals surface area contributed by atoms with E-state index in [9.17, 15) is 4.39 Å². The van der Waals surface area contributed by atoms with Gasteiger partial charge in [-0.15, -0.1) is 0 Å². The van der Waals surface area contributed by atoms with Gasteiger partial charge in [-0.3, -0.25) is 0 Å². The van der Waals surface area contributed by atoms with E-state index in [1.165, 1.54) is 12.1 Å². The van der Waals surface area contributed by atoms with E-state index in [1.54, 1.807) is 12.3 Å². The molecule has 1 aromatic heterocycles. The first kappa shape index (κ1) is 12.4. The lowest BCUT2D eigenvalue weighted by molar-refractivity contribution is 0.628. The zero-order chi connectivity index (χ0) is 13.8. The summed E-state index contributed by atoms with van der Waals surface area (Å²) in [5.74, 6) is 0.564. The van der Waals surface area contributed by atoms with Crippen LogP contribution in [0.5, 0.6) is 0 Å². The summed E-state index contributed by atoms with van der Waals surface area (Å²) < 4.78 is 13.2. The van der Waals surface area contributed by atoms with Gasteiger partial charge < -0.3 is 10.3 Å². The summed E-state index contributed by atoms with van der Waals surface area (Å²) in [6.45, 7) is 0.597. The average molecular weight is 267 g/mol. The molecule has 0 aliphatic rings. The highest BCUT2D eigenvalue weighted by atomic mass is 19.1. The fraction of sp³-hybridized carbons (Fsp3) is 0.0625. The van der Waals surface area contributed by atoms with Crippen molar-refractivity contribution in [2.24, 2.45) is 0 Å². The highest BCUT2D eigenvalue weighted by Crippen LogP contribution is 2.18. The maximum absolute atomic E-state index is 13.2. The summed E-state index contributed by atoms with van der Waals surface area (Å²) >= 11 is 0. The lowest BCUT2D eigenvalue weighted by Crippen LogP contribution is -2.00. The van der Waals surface area contributed by atoms with Crippen LogP contribution in [0.2, 0.25) is 0 Å². The van der Waals surface area contributed by atoms with E-state index in [2.05, 4.69) is 15.3 Å². The van der Waals surface area contributed by atoms with Gasteiger partial charge >= 0.3 is 0 Å². The number of aromatic amines is 1. The predicted octanol–water partition coefficient (Wildman–Crippen LogP) is 3.83. The molecule has 100 valence electrons. The maximum Gasteiger partial charge on any atom is 0.125 e. The summed E-state index contributed by atoms with van der Waals surface area (Å²) in [6.07, 6.45) is 1.72. The molecule has 3 nitrogen and oxygen atoms in total. The first-order valence-corrected chi connectivity index (χ1v) is 6.40. The molecule has 2 N–H and O–H groups in total. The number of halogens is 1. The Labute approximate surface area is 116 Å². The third-order valence-corrected chi connectivity index (χ3v) is 3.00. The van der Waals surface area contributed by atoms with Gasteiger partial charge in [0.1, 0.15) is 11.6 Å². The number of imidazole rings is 1. The molecule has 0 aliphatic heterocycles. The number of nitrogens with zero attached hydrogens (tertiary/aromatic N) is 1. The minimum Gasteiger partial charge on any atom is -0.378 e. The zero-order valence-electron chi connectivity index (χ0n) is 10.8. The molecular weight excluding hydrogens is 253 g/mol. The van der Waals surface area contributed by atoms with Crippen LogP contribution in [0.4, 0.5) is 10.1 Å². The fourth-order valence-corrected chi connectivity index (χ4v) is 2.00. The van der Waals surface area contributed by atoms with Crippen molar-refractivity contribution in [3.63, 3.8) is 0 Å². The molecule has 3 aromatic rings.